The van der Waals surface area contributed by atoms with E-state index in [-0.39, 0.29) is 5.56 Å². The lowest BCUT2D eigenvalue weighted by Gasteiger charge is -2.22. The number of nitrogens with zero attached hydrogens (tertiary/aromatic N) is 1. The van der Waals surface area contributed by atoms with Gasteiger partial charge in [0.15, 0.2) is 0 Å². The minimum absolute atomic E-state index is 0.275. The first-order valence-electron chi connectivity index (χ1n) is 8.09. The predicted octanol–water partition coefficient (Wildman–Crippen LogP) is 1.51. The molecule has 2 atom stereocenters. The molecule has 0 aliphatic heterocycles. The van der Waals surface area contributed by atoms with Crippen LogP contribution in [0.15, 0.2) is 42.5 Å². The number of hydrogen-bond acceptors (Lipinski definition) is 6. The van der Waals surface area contributed by atoms with Crippen molar-refractivity contribution in [3.63, 3.8) is 0 Å². The number of thioether (sulfide) groups is 1. The zero-order chi connectivity index (χ0) is 18.4. The Hall–Kier alpha value is -1.93. The molecular formula is C18H23N3O3S. The summed E-state index contributed by atoms with van der Waals surface area (Å²) in [6.45, 7) is 2.02. The number of imide groups is 1. The standard InChI is InChI=1S/C18H23N3O3S/c1-2-25-10-9-15(19)16(22)18(24)21(20)17(23)14-8-7-12-5-3-4-6-13(12)11-14/h3-8,11,15-16,22H,2,9-10,19-20H2,1H3/t15-,16?/m1/s1. The van der Waals surface area contributed by atoms with Crippen LogP contribution in [0.2, 0.25) is 0 Å². The highest BCUT2D eigenvalue weighted by molar-refractivity contribution is 7.99. The van der Waals surface area contributed by atoms with Gasteiger partial charge >= 0.3 is 0 Å². The molecule has 2 rings (SSSR count). The Kier molecular flexibility index (Phi) is 6.95. The first-order valence-corrected chi connectivity index (χ1v) is 9.24. The molecule has 2 aromatic rings. The molecule has 2 aromatic carbocycles. The van der Waals surface area contributed by atoms with Crippen LogP contribution in [-0.2, 0) is 4.79 Å². The third kappa shape index (κ3) is 4.79. The molecule has 25 heavy (non-hydrogen) atoms. The minimum atomic E-state index is -1.51. The van der Waals surface area contributed by atoms with Gasteiger partial charge in [-0.25, -0.2) is 10.9 Å². The Balaban J connectivity index is 2.07. The van der Waals surface area contributed by atoms with E-state index in [4.69, 9.17) is 11.6 Å². The maximum Gasteiger partial charge on any atom is 0.274 e. The Morgan fingerprint density at radius 3 is 2.56 bits per heavy atom. The number of carbonyl (C=O) groups is 2. The largest absolute Gasteiger partial charge is 0.382 e. The third-order valence-electron chi connectivity index (χ3n) is 3.91. The molecule has 0 aliphatic rings. The van der Waals surface area contributed by atoms with E-state index in [0.29, 0.717) is 11.4 Å². The van der Waals surface area contributed by atoms with Crippen molar-refractivity contribution < 1.29 is 14.7 Å². The highest BCUT2D eigenvalue weighted by Crippen LogP contribution is 2.17. The summed E-state index contributed by atoms with van der Waals surface area (Å²) in [5, 5.41) is 12.4. The van der Waals surface area contributed by atoms with Gasteiger partial charge in [-0.2, -0.15) is 11.8 Å². The fourth-order valence-corrected chi connectivity index (χ4v) is 3.14. The van der Waals surface area contributed by atoms with Gasteiger partial charge in [-0.05, 0) is 40.8 Å². The number of rotatable bonds is 7. The Morgan fingerprint density at radius 1 is 1.20 bits per heavy atom. The molecular weight excluding hydrogens is 338 g/mol. The molecule has 5 N–H and O–H groups in total. The number of nitrogens with two attached hydrogens (primary N) is 2. The average molecular weight is 361 g/mol. The lowest BCUT2D eigenvalue weighted by molar-refractivity contribution is -0.138. The van der Waals surface area contributed by atoms with E-state index < -0.39 is 24.0 Å². The van der Waals surface area contributed by atoms with Gasteiger partial charge in [0, 0.05) is 11.6 Å². The summed E-state index contributed by atoms with van der Waals surface area (Å²) < 4.78 is 0. The SMILES string of the molecule is CCSCC[C@@H](N)C(O)C(=O)N(N)C(=O)c1ccc2ccccc2c1. The molecule has 7 heteroatoms. The zero-order valence-electron chi connectivity index (χ0n) is 14.1. The number of hydrogen-bond donors (Lipinski definition) is 3. The summed E-state index contributed by atoms with van der Waals surface area (Å²) in [6, 6.07) is 11.8. The molecule has 6 nitrogen and oxygen atoms in total. The maximum absolute atomic E-state index is 12.4. The van der Waals surface area contributed by atoms with E-state index >= 15 is 0 Å². The fourth-order valence-electron chi connectivity index (χ4n) is 2.41. The molecule has 0 saturated heterocycles. The van der Waals surface area contributed by atoms with Crippen LogP contribution in [0.25, 0.3) is 10.8 Å². The quantitative estimate of drug-likeness (QED) is 0.298. The van der Waals surface area contributed by atoms with E-state index in [1.54, 1.807) is 30.0 Å². The molecule has 1 unspecified atom stereocenters. The lowest BCUT2D eigenvalue weighted by atomic mass is 10.1. The van der Waals surface area contributed by atoms with Gasteiger partial charge in [-0.3, -0.25) is 9.59 Å². The summed E-state index contributed by atoms with van der Waals surface area (Å²) >= 11 is 1.66. The second-order valence-electron chi connectivity index (χ2n) is 5.67. The number of hydrazine groups is 1. The number of fused-ring (bicyclic) bond motifs is 1. The van der Waals surface area contributed by atoms with Gasteiger partial charge in [0.05, 0.1) is 0 Å². The molecule has 0 aromatic heterocycles. The molecule has 0 bridgehead atoms. The zero-order valence-corrected chi connectivity index (χ0v) is 14.9. The highest BCUT2D eigenvalue weighted by atomic mass is 32.2. The Labute approximate surface area is 151 Å². The van der Waals surface area contributed by atoms with Gasteiger partial charge in [-0.1, -0.05) is 37.3 Å². The average Bonchev–Trinajstić information content (AvgIpc) is 2.65. The fraction of sp³-hybridized carbons (Fsp3) is 0.333. The molecule has 0 heterocycles. The second kappa shape index (κ2) is 8.96. The lowest BCUT2D eigenvalue weighted by Crippen LogP contribution is -2.53. The Bertz CT molecular complexity index is 753. The van der Waals surface area contributed by atoms with Crippen molar-refractivity contribution in [3.8, 4) is 0 Å². The van der Waals surface area contributed by atoms with Crippen LogP contribution in [0.5, 0.6) is 0 Å². The van der Waals surface area contributed by atoms with E-state index in [0.717, 1.165) is 22.3 Å². The van der Waals surface area contributed by atoms with Gasteiger partial charge in [0.1, 0.15) is 6.10 Å². The van der Waals surface area contributed by atoms with Crippen LogP contribution >= 0.6 is 11.8 Å². The summed E-state index contributed by atoms with van der Waals surface area (Å²) in [5.74, 6) is 5.73. The smallest absolute Gasteiger partial charge is 0.274 e. The molecule has 134 valence electrons. The molecule has 0 spiro atoms. The number of aliphatic hydroxyl groups is 1. The van der Waals surface area contributed by atoms with Crippen LogP contribution < -0.4 is 11.6 Å². The molecule has 0 aliphatic carbocycles. The number of aliphatic hydroxyl groups excluding tert-OH is 1. The summed E-state index contributed by atoms with van der Waals surface area (Å²) in [7, 11) is 0. The number of amides is 2. The van der Waals surface area contributed by atoms with Gasteiger partial charge in [0.25, 0.3) is 11.8 Å². The second-order valence-corrected chi connectivity index (χ2v) is 7.06. The first-order chi connectivity index (χ1) is 12.0. The summed E-state index contributed by atoms with van der Waals surface area (Å²) in [6.07, 6.45) is -1.05. The van der Waals surface area contributed by atoms with Crippen molar-refractivity contribution in [2.75, 3.05) is 11.5 Å². The summed E-state index contributed by atoms with van der Waals surface area (Å²) in [5.41, 5.74) is 6.11. The monoisotopic (exact) mass is 361 g/mol. The van der Waals surface area contributed by atoms with Gasteiger partial charge < -0.3 is 10.8 Å². The maximum atomic E-state index is 12.4. The Morgan fingerprint density at radius 2 is 1.88 bits per heavy atom. The number of carbonyl (C=O) groups excluding carboxylic acids is 2. The van der Waals surface area contributed by atoms with E-state index in [2.05, 4.69) is 0 Å². The van der Waals surface area contributed by atoms with Gasteiger partial charge in [0.2, 0.25) is 0 Å². The van der Waals surface area contributed by atoms with Crippen LogP contribution in [0.4, 0.5) is 0 Å². The summed E-state index contributed by atoms with van der Waals surface area (Å²) in [4.78, 5) is 24.7. The van der Waals surface area contributed by atoms with Crippen LogP contribution in [0.3, 0.4) is 0 Å². The van der Waals surface area contributed by atoms with E-state index in [9.17, 15) is 14.7 Å². The third-order valence-corrected chi connectivity index (χ3v) is 4.84. The van der Waals surface area contributed by atoms with Crippen molar-refractivity contribution >= 4 is 34.3 Å². The normalized spacial score (nSPS) is 13.4. The van der Waals surface area contributed by atoms with Crippen molar-refractivity contribution in [3.05, 3.63) is 48.0 Å². The number of benzene rings is 2. The van der Waals surface area contributed by atoms with Crippen molar-refractivity contribution in [1.29, 1.82) is 0 Å². The predicted molar refractivity (Wildman–Crippen MR) is 101 cm³/mol. The van der Waals surface area contributed by atoms with Crippen molar-refractivity contribution in [2.24, 2.45) is 11.6 Å². The van der Waals surface area contributed by atoms with Crippen LogP contribution in [0, 0.1) is 0 Å². The van der Waals surface area contributed by atoms with E-state index in [1.165, 1.54) is 0 Å². The van der Waals surface area contributed by atoms with Crippen LogP contribution in [0.1, 0.15) is 23.7 Å². The molecule has 0 saturated carbocycles. The topological polar surface area (TPSA) is 110 Å². The van der Waals surface area contributed by atoms with E-state index in [1.807, 2.05) is 31.2 Å². The van der Waals surface area contributed by atoms with Crippen LogP contribution in [-0.4, -0.2) is 45.6 Å². The molecule has 2 amide bonds. The molecule has 0 fully saturated rings. The minimum Gasteiger partial charge on any atom is -0.382 e. The van der Waals surface area contributed by atoms with Crippen molar-refractivity contribution in [1.82, 2.24) is 5.01 Å². The van der Waals surface area contributed by atoms with Crippen molar-refractivity contribution in [2.45, 2.75) is 25.5 Å². The molecule has 0 radical (unpaired) electrons. The first kappa shape index (κ1) is 19.4. The highest BCUT2D eigenvalue weighted by Gasteiger charge is 2.30. The van der Waals surface area contributed by atoms with Gasteiger partial charge in [-0.15, -0.1) is 0 Å².